The second-order valence-corrected chi connectivity index (χ2v) is 8.16. The maximum absolute atomic E-state index is 13.1. The highest BCUT2D eigenvalue weighted by atomic mass is 32.1. The second-order valence-electron chi connectivity index (χ2n) is 6.95. The SMILES string of the molecule is Cc1nc(C(=O)N2C[C@H]3C[C@H]3[C@H]2C(N)=O)c(-c2cccc(C(F)(F)F)c2)s1. The van der Waals surface area contributed by atoms with Crippen LogP contribution >= 0.6 is 11.3 Å². The normalized spacial score (nSPS) is 24.0. The van der Waals surface area contributed by atoms with Crippen molar-refractivity contribution < 1.29 is 22.8 Å². The average molecular weight is 395 g/mol. The first-order valence-electron chi connectivity index (χ1n) is 8.42. The molecule has 9 heteroatoms. The van der Waals surface area contributed by atoms with Crippen LogP contribution in [0.3, 0.4) is 0 Å². The maximum atomic E-state index is 13.1. The van der Waals surface area contributed by atoms with Crippen LogP contribution in [0.2, 0.25) is 0 Å². The third-order valence-electron chi connectivity index (χ3n) is 5.09. The summed E-state index contributed by atoms with van der Waals surface area (Å²) in [6.45, 7) is 2.11. The van der Waals surface area contributed by atoms with Crippen molar-refractivity contribution in [3.63, 3.8) is 0 Å². The summed E-state index contributed by atoms with van der Waals surface area (Å²) in [6.07, 6.45) is -3.61. The molecule has 27 heavy (non-hydrogen) atoms. The minimum absolute atomic E-state index is 0.0735. The van der Waals surface area contributed by atoms with E-state index in [1.807, 2.05) is 0 Å². The minimum atomic E-state index is -4.48. The zero-order valence-corrected chi connectivity index (χ0v) is 15.1. The number of piperidine rings is 1. The first kappa shape index (κ1) is 18.0. The molecule has 2 aromatic rings. The van der Waals surface area contributed by atoms with Gasteiger partial charge in [0.15, 0.2) is 0 Å². The predicted octanol–water partition coefficient (Wildman–Crippen LogP) is 3.08. The number of fused-ring (bicyclic) bond motifs is 1. The number of hydrogen-bond acceptors (Lipinski definition) is 4. The van der Waals surface area contributed by atoms with Crippen molar-refractivity contribution in [1.29, 1.82) is 0 Å². The van der Waals surface area contributed by atoms with E-state index in [0.717, 1.165) is 29.9 Å². The maximum Gasteiger partial charge on any atom is 0.416 e. The van der Waals surface area contributed by atoms with Gasteiger partial charge in [0.2, 0.25) is 5.91 Å². The fourth-order valence-corrected chi connectivity index (χ4v) is 4.69. The Balaban J connectivity index is 1.72. The molecule has 0 unspecified atom stereocenters. The van der Waals surface area contributed by atoms with Gasteiger partial charge in [-0.15, -0.1) is 11.3 Å². The van der Waals surface area contributed by atoms with Crippen LogP contribution in [0.15, 0.2) is 24.3 Å². The number of hydrogen-bond donors (Lipinski definition) is 1. The predicted molar refractivity (Wildman–Crippen MR) is 92.9 cm³/mol. The van der Waals surface area contributed by atoms with Gasteiger partial charge in [0.1, 0.15) is 11.7 Å². The number of primary amides is 1. The van der Waals surface area contributed by atoms with Crippen LogP contribution in [0, 0.1) is 18.8 Å². The number of rotatable bonds is 3. The highest BCUT2D eigenvalue weighted by Crippen LogP contribution is 2.50. The molecular formula is C18H16F3N3O2S. The Kier molecular flexibility index (Phi) is 4.03. The largest absolute Gasteiger partial charge is 0.416 e. The number of thiazole rings is 1. The standard InChI is InChI=1S/C18H16F3N3O2S/c1-8-23-13(17(26)24-7-10-6-12(10)14(24)16(22)25)15(27-8)9-3-2-4-11(5-9)18(19,20)21/h2-5,10,12,14H,6-7H2,1H3,(H2,22,25)/t10-,12-,14+/m1/s1. The van der Waals surface area contributed by atoms with E-state index in [4.69, 9.17) is 5.73 Å². The molecule has 1 aromatic carbocycles. The summed E-state index contributed by atoms with van der Waals surface area (Å²) in [5.41, 5.74) is 5.03. The van der Waals surface area contributed by atoms with E-state index in [0.29, 0.717) is 16.4 Å². The molecule has 1 aliphatic heterocycles. The lowest BCUT2D eigenvalue weighted by Gasteiger charge is -2.24. The van der Waals surface area contributed by atoms with Gasteiger partial charge < -0.3 is 10.6 Å². The molecule has 2 fully saturated rings. The van der Waals surface area contributed by atoms with Crippen molar-refractivity contribution in [1.82, 2.24) is 9.88 Å². The third-order valence-corrected chi connectivity index (χ3v) is 6.11. The topological polar surface area (TPSA) is 76.3 Å². The molecule has 4 rings (SSSR count). The van der Waals surface area contributed by atoms with Crippen LogP contribution in [0.25, 0.3) is 10.4 Å². The summed E-state index contributed by atoms with van der Waals surface area (Å²) < 4.78 is 39.1. The number of carbonyl (C=O) groups is 2. The molecule has 0 spiro atoms. The smallest absolute Gasteiger partial charge is 0.368 e. The monoisotopic (exact) mass is 395 g/mol. The average Bonchev–Trinajstić information content (AvgIpc) is 3.08. The van der Waals surface area contributed by atoms with E-state index in [-0.39, 0.29) is 23.1 Å². The van der Waals surface area contributed by atoms with Crippen molar-refractivity contribution in [2.24, 2.45) is 17.6 Å². The van der Waals surface area contributed by atoms with Crippen LogP contribution in [0.1, 0.15) is 27.5 Å². The minimum Gasteiger partial charge on any atom is -0.368 e. The molecule has 3 atom stereocenters. The number of likely N-dealkylation sites (tertiary alicyclic amines) is 1. The number of nitrogens with two attached hydrogens (primary N) is 1. The quantitative estimate of drug-likeness (QED) is 0.868. The molecule has 5 nitrogen and oxygen atoms in total. The van der Waals surface area contributed by atoms with Gasteiger partial charge in [-0.2, -0.15) is 13.2 Å². The molecule has 1 aromatic heterocycles. The summed E-state index contributed by atoms with van der Waals surface area (Å²) >= 11 is 1.15. The molecule has 1 aliphatic carbocycles. The van der Waals surface area contributed by atoms with E-state index in [2.05, 4.69) is 4.98 Å². The van der Waals surface area contributed by atoms with Crippen LogP contribution in [-0.4, -0.2) is 34.3 Å². The molecule has 2 amide bonds. The number of alkyl halides is 3. The Morgan fingerprint density at radius 2 is 2.07 bits per heavy atom. The lowest BCUT2D eigenvalue weighted by atomic mass is 10.1. The van der Waals surface area contributed by atoms with Gasteiger partial charge in [0.05, 0.1) is 15.4 Å². The first-order valence-corrected chi connectivity index (χ1v) is 9.24. The molecule has 2 aliphatic rings. The molecule has 1 saturated carbocycles. The van der Waals surface area contributed by atoms with E-state index >= 15 is 0 Å². The lowest BCUT2D eigenvalue weighted by molar-refractivity contribution is -0.137. The Morgan fingerprint density at radius 3 is 2.74 bits per heavy atom. The van der Waals surface area contributed by atoms with E-state index < -0.39 is 29.6 Å². The van der Waals surface area contributed by atoms with Crippen LogP contribution in [0.4, 0.5) is 13.2 Å². The first-order chi connectivity index (χ1) is 12.7. The fraction of sp³-hybridized carbons (Fsp3) is 0.389. The molecule has 0 radical (unpaired) electrons. The van der Waals surface area contributed by atoms with E-state index in [1.165, 1.54) is 17.0 Å². The highest BCUT2D eigenvalue weighted by molar-refractivity contribution is 7.15. The van der Waals surface area contributed by atoms with Crippen LogP contribution in [-0.2, 0) is 11.0 Å². The summed E-state index contributed by atoms with van der Waals surface area (Å²) in [5.74, 6) is -0.657. The lowest BCUT2D eigenvalue weighted by Crippen LogP contribution is -2.46. The molecule has 1 saturated heterocycles. The molecule has 0 bridgehead atoms. The molecule has 2 N–H and O–H groups in total. The number of nitrogens with zero attached hydrogens (tertiary/aromatic N) is 2. The van der Waals surface area contributed by atoms with Crippen molar-refractivity contribution in [2.45, 2.75) is 25.6 Å². The number of halogens is 3. The fourth-order valence-electron chi connectivity index (χ4n) is 3.78. The summed E-state index contributed by atoms with van der Waals surface area (Å²) in [5, 5.41) is 0.561. The van der Waals surface area contributed by atoms with Gasteiger partial charge in [-0.25, -0.2) is 4.98 Å². The number of carbonyl (C=O) groups excluding carboxylic acids is 2. The Morgan fingerprint density at radius 1 is 1.33 bits per heavy atom. The molecule has 2 heterocycles. The number of aromatic nitrogens is 1. The molecule has 142 valence electrons. The summed E-state index contributed by atoms with van der Waals surface area (Å²) in [6, 6.07) is 4.15. The summed E-state index contributed by atoms with van der Waals surface area (Å²) in [7, 11) is 0. The van der Waals surface area contributed by atoms with E-state index in [1.54, 1.807) is 6.92 Å². The van der Waals surface area contributed by atoms with Gasteiger partial charge >= 0.3 is 6.18 Å². The van der Waals surface area contributed by atoms with Gasteiger partial charge in [-0.3, -0.25) is 9.59 Å². The highest BCUT2D eigenvalue weighted by Gasteiger charge is 2.56. The third kappa shape index (κ3) is 3.09. The number of amides is 2. The van der Waals surface area contributed by atoms with Crippen molar-refractivity contribution in [3.05, 3.63) is 40.5 Å². The van der Waals surface area contributed by atoms with Crippen molar-refractivity contribution >= 4 is 23.2 Å². The summed E-state index contributed by atoms with van der Waals surface area (Å²) in [4.78, 5) is 30.9. The van der Waals surface area contributed by atoms with Gasteiger partial charge in [0.25, 0.3) is 5.91 Å². The second kappa shape index (κ2) is 6.05. The van der Waals surface area contributed by atoms with Crippen LogP contribution in [0.5, 0.6) is 0 Å². The van der Waals surface area contributed by atoms with Gasteiger partial charge in [-0.05, 0) is 42.9 Å². The van der Waals surface area contributed by atoms with Gasteiger partial charge in [0, 0.05) is 6.54 Å². The number of benzene rings is 1. The Bertz CT molecular complexity index is 940. The zero-order valence-electron chi connectivity index (χ0n) is 14.3. The van der Waals surface area contributed by atoms with Crippen LogP contribution < -0.4 is 5.73 Å². The van der Waals surface area contributed by atoms with Gasteiger partial charge in [-0.1, -0.05) is 12.1 Å². The van der Waals surface area contributed by atoms with Crippen molar-refractivity contribution in [3.8, 4) is 10.4 Å². The zero-order chi connectivity index (χ0) is 19.5. The Labute approximate surface area is 157 Å². The van der Waals surface area contributed by atoms with Crippen molar-refractivity contribution in [2.75, 3.05) is 6.54 Å². The number of aryl methyl sites for hydroxylation is 1. The Hall–Kier alpha value is -2.42. The van der Waals surface area contributed by atoms with E-state index in [9.17, 15) is 22.8 Å². The molecular weight excluding hydrogens is 379 g/mol.